The molecule has 0 aliphatic heterocycles. The first-order valence-corrected chi connectivity index (χ1v) is 7.72. The van der Waals surface area contributed by atoms with Crippen LogP contribution in [0, 0.1) is 6.92 Å². The van der Waals surface area contributed by atoms with Crippen molar-refractivity contribution in [1.29, 1.82) is 0 Å². The van der Waals surface area contributed by atoms with Crippen molar-refractivity contribution in [1.82, 2.24) is 4.57 Å². The number of hydrogen-bond donors (Lipinski definition) is 0. The minimum absolute atomic E-state index is 0.798. The lowest BCUT2D eigenvalue weighted by Crippen LogP contribution is -2.01. The van der Waals surface area contributed by atoms with E-state index in [1.165, 1.54) is 0 Å². The fourth-order valence-electron chi connectivity index (χ4n) is 2.57. The van der Waals surface area contributed by atoms with Gasteiger partial charge in [-0.2, -0.15) is 0 Å². The van der Waals surface area contributed by atoms with Gasteiger partial charge in [0.1, 0.15) is 11.5 Å². The summed E-state index contributed by atoms with van der Waals surface area (Å²) >= 11 is 0. The molecule has 0 aliphatic rings. The lowest BCUT2D eigenvalue weighted by molar-refractivity contribution is 0.414. The number of rotatable bonds is 5. The molecule has 2 aromatic carbocycles. The topological polar surface area (TPSA) is 35.8 Å². The summed E-state index contributed by atoms with van der Waals surface area (Å²) < 4.78 is 12.6. The van der Waals surface area contributed by atoms with Crippen LogP contribution in [0.1, 0.15) is 11.4 Å². The molecule has 0 N–H and O–H groups in total. The first-order valence-electron chi connectivity index (χ1n) is 7.72. The molecule has 4 nitrogen and oxygen atoms in total. The van der Waals surface area contributed by atoms with Crippen molar-refractivity contribution in [2.24, 2.45) is 4.99 Å². The molecule has 0 spiro atoms. The maximum Gasteiger partial charge on any atom is 0.121 e. The summed E-state index contributed by atoms with van der Waals surface area (Å²) in [4.78, 5) is 4.57. The average Bonchev–Trinajstić information content (AvgIpc) is 3.01. The highest BCUT2D eigenvalue weighted by atomic mass is 16.5. The first kappa shape index (κ1) is 15.9. The molecule has 0 saturated carbocycles. The fourth-order valence-corrected chi connectivity index (χ4v) is 2.57. The summed E-state index contributed by atoms with van der Waals surface area (Å²) in [5.41, 5.74) is 4.09. The van der Waals surface area contributed by atoms with Crippen molar-refractivity contribution >= 4 is 11.9 Å². The van der Waals surface area contributed by atoms with E-state index in [2.05, 4.69) is 28.6 Å². The minimum Gasteiger partial charge on any atom is -0.497 e. The highest BCUT2D eigenvalue weighted by Gasteiger charge is 2.06. The Balaban J connectivity index is 1.93. The Morgan fingerprint density at radius 2 is 1.62 bits per heavy atom. The van der Waals surface area contributed by atoms with E-state index < -0.39 is 0 Å². The second-order valence-corrected chi connectivity index (χ2v) is 5.39. The van der Waals surface area contributed by atoms with Gasteiger partial charge in [-0.05, 0) is 55.5 Å². The molecule has 0 aliphatic carbocycles. The number of nitrogens with zero attached hydrogens (tertiary/aromatic N) is 2. The Kier molecular flexibility index (Phi) is 4.66. The molecule has 122 valence electrons. The van der Waals surface area contributed by atoms with Crippen LogP contribution in [0.2, 0.25) is 0 Å². The van der Waals surface area contributed by atoms with Gasteiger partial charge in [0.15, 0.2) is 0 Å². The van der Waals surface area contributed by atoms with Gasteiger partial charge in [0.2, 0.25) is 0 Å². The molecular formula is C20H20N2O2. The molecule has 3 aromatic rings. The van der Waals surface area contributed by atoms with Crippen LogP contribution in [0.3, 0.4) is 0 Å². The molecular weight excluding hydrogens is 300 g/mol. The van der Waals surface area contributed by atoms with Crippen molar-refractivity contribution in [3.63, 3.8) is 0 Å². The lowest BCUT2D eigenvalue weighted by atomic mass is 10.3. The van der Waals surface area contributed by atoms with E-state index in [-0.39, 0.29) is 0 Å². The van der Waals surface area contributed by atoms with Crippen LogP contribution >= 0.6 is 0 Å². The van der Waals surface area contributed by atoms with Gasteiger partial charge in [-0.3, -0.25) is 4.99 Å². The zero-order valence-corrected chi connectivity index (χ0v) is 14.1. The van der Waals surface area contributed by atoms with Gasteiger partial charge >= 0.3 is 0 Å². The summed E-state index contributed by atoms with van der Waals surface area (Å²) in [5.74, 6) is 1.64. The third kappa shape index (κ3) is 3.33. The summed E-state index contributed by atoms with van der Waals surface area (Å²) in [5, 5.41) is 0. The summed E-state index contributed by atoms with van der Waals surface area (Å²) in [7, 11) is 3.32. The molecule has 0 radical (unpaired) electrons. The van der Waals surface area contributed by atoms with E-state index in [0.717, 1.165) is 34.3 Å². The quantitative estimate of drug-likeness (QED) is 0.646. The van der Waals surface area contributed by atoms with Crippen LogP contribution in [-0.4, -0.2) is 25.0 Å². The molecule has 3 rings (SSSR count). The van der Waals surface area contributed by atoms with Gasteiger partial charge in [0.25, 0.3) is 0 Å². The Morgan fingerprint density at radius 3 is 2.33 bits per heavy atom. The predicted octanol–water partition coefficient (Wildman–Crippen LogP) is 4.55. The third-order valence-corrected chi connectivity index (χ3v) is 3.84. The van der Waals surface area contributed by atoms with Crippen LogP contribution < -0.4 is 9.47 Å². The first-order chi connectivity index (χ1) is 11.7. The van der Waals surface area contributed by atoms with E-state index in [1.54, 1.807) is 14.2 Å². The summed E-state index contributed by atoms with van der Waals surface area (Å²) in [6.45, 7) is 2.08. The highest BCUT2D eigenvalue weighted by Crippen LogP contribution is 2.22. The molecule has 1 aromatic heterocycles. The Hall–Kier alpha value is -3.01. The lowest BCUT2D eigenvalue weighted by Gasteiger charge is -2.10. The maximum atomic E-state index is 5.23. The van der Waals surface area contributed by atoms with Gasteiger partial charge in [-0.1, -0.05) is 6.07 Å². The number of ether oxygens (including phenoxy) is 2. The largest absolute Gasteiger partial charge is 0.497 e. The number of aryl methyl sites for hydroxylation is 1. The Labute approximate surface area is 142 Å². The van der Waals surface area contributed by atoms with Gasteiger partial charge in [-0.25, -0.2) is 0 Å². The van der Waals surface area contributed by atoms with Crippen molar-refractivity contribution in [2.45, 2.75) is 6.92 Å². The third-order valence-electron chi connectivity index (χ3n) is 3.84. The van der Waals surface area contributed by atoms with Crippen LogP contribution in [0.4, 0.5) is 5.69 Å². The van der Waals surface area contributed by atoms with E-state index in [0.29, 0.717) is 0 Å². The number of aromatic nitrogens is 1. The van der Waals surface area contributed by atoms with E-state index >= 15 is 0 Å². The fraction of sp³-hybridized carbons (Fsp3) is 0.150. The summed E-state index contributed by atoms with van der Waals surface area (Å²) in [6.07, 6.45) is 1.87. The standard InChI is InChI=1S/C20H20N2O2/c1-15-7-8-18(14-21-16-5-4-6-20(13-16)24-3)22(15)17-9-11-19(23-2)12-10-17/h4-14H,1-3H3. The number of benzene rings is 2. The smallest absolute Gasteiger partial charge is 0.121 e. The van der Waals surface area contributed by atoms with Gasteiger partial charge in [0.05, 0.1) is 31.8 Å². The molecule has 1 heterocycles. The normalized spacial score (nSPS) is 11.0. The minimum atomic E-state index is 0.798. The van der Waals surface area contributed by atoms with Crippen LogP contribution in [0.25, 0.3) is 5.69 Å². The van der Waals surface area contributed by atoms with Crippen molar-refractivity contribution in [3.8, 4) is 17.2 Å². The van der Waals surface area contributed by atoms with Crippen LogP contribution in [-0.2, 0) is 0 Å². The Bertz CT molecular complexity index is 848. The molecule has 24 heavy (non-hydrogen) atoms. The molecule has 0 bridgehead atoms. The van der Waals surface area contributed by atoms with Gasteiger partial charge in [0, 0.05) is 17.4 Å². The van der Waals surface area contributed by atoms with Crippen LogP contribution in [0.15, 0.2) is 65.7 Å². The monoisotopic (exact) mass is 320 g/mol. The van der Waals surface area contributed by atoms with Gasteiger partial charge in [-0.15, -0.1) is 0 Å². The van der Waals surface area contributed by atoms with Gasteiger partial charge < -0.3 is 14.0 Å². The van der Waals surface area contributed by atoms with Crippen LogP contribution in [0.5, 0.6) is 11.5 Å². The number of aliphatic imine (C=N–C) groups is 1. The molecule has 0 fully saturated rings. The highest BCUT2D eigenvalue weighted by molar-refractivity contribution is 5.81. The zero-order chi connectivity index (χ0) is 16.9. The second kappa shape index (κ2) is 7.04. The van der Waals surface area contributed by atoms with E-state index in [4.69, 9.17) is 9.47 Å². The Morgan fingerprint density at radius 1 is 0.875 bits per heavy atom. The van der Waals surface area contributed by atoms with Crippen molar-refractivity contribution in [3.05, 3.63) is 72.1 Å². The second-order valence-electron chi connectivity index (χ2n) is 5.39. The van der Waals surface area contributed by atoms with Crippen molar-refractivity contribution in [2.75, 3.05) is 14.2 Å². The molecule has 0 amide bonds. The molecule has 4 heteroatoms. The number of hydrogen-bond acceptors (Lipinski definition) is 3. The average molecular weight is 320 g/mol. The molecule has 0 atom stereocenters. The predicted molar refractivity (Wildman–Crippen MR) is 97.3 cm³/mol. The van der Waals surface area contributed by atoms with E-state index in [1.807, 2.05) is 54.7 Å². The molecule has 0 unspecified atom stereocenters. The molecule has 0 saturated heterocycles. The van der Waals surface area contributed by atoms with Crippen molar-refractivity contribution < 1.29 is 9.47 Å². The van der Waals surface area contributed by atoms with E-state index in [9.17, 15) is 0 Å². The SMILES string of the molecule is COc1ccc(-n2c(C)ccc2C=Nc2cccc(OC)c2)cc1. The number of methoxy groups -OCH3 is 2. The maximum absolute atomic E-state index is 5.23. The zero-order valence-electron chi connectivity index (χ0n) is 14.1. The summed E-state index contributed by atoms with van der Waals surface area (Å²) in [6, 6.07) is 19.8.